The van der Waals surface area contributed by atoms with Gasteiger partial charge in [0.15, 0.2) is 0 Å². The summed E-state index contributed by atoms with van der Waals surface area (Å²) in [4.78, 5) is 0. The molecular weight excluding hydrogens is 165 g/mol. The minimum atomic E-state index is -1.13. The van der Waals surface area contributed by atoms with Crippen LogP contribution < -0.4 is 5.32 Å². The first-order valence-corrected chi connectivity index (χ1v) is 5.14. The van der Waals surface area contributed by atoms with E-state index >= 15 is 0 Å². The van der Waals surface area contributed by atoms with Crippen LogP contribution in [0.5, 0.6) is 0 Å². The summed E-state index contributed by atoms with van der Waals surface area (Å²) in [5, 5.41) is 20.9. The third-order valence-corrected chi connectivity index (χ3v) is 3.40. The topological polar surface area (TPSA) is 52.5 Å². The Morgan fingerprint density at radius 1 is 1.54 bits per heavy atom. The van der Waals surface area contributed by atoms with Crippen LogP contribution in [-0.4, -0.2) is 29.8 Å². The predicted molar refractivity (Wildman–Crippen MR) is 54.4 cm³/mol. The number of rotatable bonds is 4. The van der Waals surface area contributed by atoms with Crippen LogP contribution in [-0.2, 0) is 0 Å². The summed E-state index contributed by atoms with van der Waals surface area (Å²) in [5.41, 5.74) is 0.356. The van der Waals surface area contributed by atoms with Gasteiger partial charge in [0.05, 0.1) is 0 Å². The van der Waals surface area contributed by atoms with Crippen molar-refractivity contribution in [3.8, 4) is 0 Å². The molecule has 0 aromatic heterocycles. The second kappa shape index (κ2) is 4.44. The van der Waals surface area contributed by atoms with Gasteiger partial charge in [-0.25, -0.2) is 0 Å². The van der Waals surface area contributed by atoms with E-state index in [0.717, 1.165) is 19.4 Å². The van der Waals surface area contributed by atoms with Crippen LogP contribution in [0.4, 0.5) is 0 Å². The molecule has 0 spiro atoms. The lowest BCUT2D eigenvalue weighted by atomic mass is 9.75. The van der Waals surface area contributed by atoms with E-state index in [2.05, 4.69) is 19.2 Å². The number of hydrogen-bond acceptors (Lipinski definition) is 3. The Bertz CT molecular complexity index is 166. The van der Waals surface area contributed by atoms with Gasteiger partial charge in [0.25, 0.3) is 0 Å². The van der Waals surface area contributed by atoms with E-state index in [1.165, 1.54) is 6.42 Å². The van der Waals surface area contributed by atoms with Gasteiger partial charge < -0.3 is 15.4 Å². The minimum Gasteiger partial charge on any atom is -0.427 e. The van der Waals surface area contributed by atoms with Gasteiger partial charge >= 0.3 is 7.12 Å². The van der Waals surface area contributed by atoms with Gasteiger partial charge in [-0.05, 0) is 38.0 Å². The molecule has 0 aromatic rings. The average molecular weight is 185 g/mol. The average Bonchev–Trinajstić information content (AvgIpc) is 2.32. The van der Waals surface area contributed by atoms with E-state index in [4.69, 9.17) is 10.0 Å². The summed E-state index contributed by atoms with van der Waals surface area (Å²) < 4.78 is 0. The molecule has 4 heteroatoms. The molecule has 3 nitrogen and oxygen atoms in total. The summed E-state index contributed by atoms with van der Waals surface area (Å²) >= 11 is 0. The Kier molecular flexibility index (Phi) is 3.77. The highest BCUT2D eigenvalue weighted by Gasteiger charge is 2.34. The van der Waals surface area contributed by atoms with Crippen molar-refractivity contribution in [1.29, 1.82) is 0 Å². The molecule has 0 radical (unpaired) electrons. The smallest absolute Gasteiger partial charge is 0.427 e. The lowest BCUT2D eigenvalue weighted by Gasteiger charge is -2.28. The fourth-order valence-electron chi connectivity index (χ4n) is 2.07. The van der Waals surface area contributed by atoms with Crippen LogP contribution in [0.15, 0.2) is 0 Å². The Labute approximate surface area is 80.7 Å². The van der Waals surface area contributed by atoms with Crippen LogP contribution in [0.3, 0.4) is 0 Å². The normalized spacial score (nSPS) is 33.7. The molecule has 1 aliphatic rings. The first-order valence-electron chi connectivity index (χ1n) is 5.14. The monoisotopic (exact) mass is 185 g/mol. The summed E-state index contributed by atoms with van der Waals surface area (Å²) in [6.07, 6.45) is 3.69. The standard InChI is InChI=1S/C9H20BNO2/c1-8-9(2,5-7-11-8)4-3-6-10(12)13/h8,11-13H,3-7H2,1-2H3/t8-,9-/m1/s1. The summed E-state index contributed by atoms with van der Waals surface area (Å²) in [7, 11) is -1.13. The zero-order valence-electron chi connectivity index (χ0n) is 8.58. The van der Waals surface area contributed by atoms with Gasteiger partial charge in [-0.2, -0.15) is 0 Å². The van der Waals surface area contributed by atoms with Crippen LogP contribution in [0, 0.1) is 5.41 Å². The van der Waals surface area contributed by atoms with Crippen molar-refractivity contribution in [2.24, 2.45) is 5.41 Å². The van der Waals surface area contributed by atoms with Crippen molar-refractivity contribution >= 4 is 7.12 Å². The quantitative estimate of drug-likeness (QED) is 0.563. The zero-order valence-corrected chi connectivity index (χ0v) is 8.58. The molecular formula is C9H20BNO2. The zero-order chi connectivity index (χ0) is 9.90. The molecule has 0 aromatic carbocycles. The third kappa shape index (κ3) is 2.97. The second-order valence-electron chi connectivity index (χ2n) is 4.45. The van der Waals surface area contributed by atoms with Gasteiger partial charge in [-0.3, -0.25) is 0 Å². The molecule has 1 aliphatic heterocycles. The van der Waals surface area contributed by atoms with E-state index < -0.39 is 7.12 Å². The fraction of sp³-hybridized carbons (Fsp3) is 1.00. The van der Waals surface area contributed by atoms with Crippen molar-refractivity contribution < 1.29 is 10.0 Å². The molecule has 3 N–H and O–H groups in total. The SMILES string of the molecule is C[C@H]1NCC[C@@]1(C)CCCB(O)O. The third-order valence-electron chi connectivity index (χ3n) is 3.40. The highest BCUT2D eigenvalue weighted by atomic mass is 16.4. The Balaban J connectivity index is 2.26. The van der Waals surface area contributed by atoms with Crippen molar-refractivity contribution in [2.75, 3.05) is 6.54 Å². The van der Waals surface area contributed by atoms with E-state index in [0.29, 0.717) is 17.8 Å². The van der Waals surface area contributed by atoms with Crippen LogP contribution >= 0.6 is 0 Å². The minimum absolute atomic E-state index is 0.356. The van der Waals surface area contributed by atoms with E-state index in [-0.39, 0.29) is 0 Å². The van der Waals surface area contributed by atoms with Crippen molar-refractivity contribution in [3.05, 3.63) is 0 Å². The first kappa shape index (κ1) is 11.0. The molecule has 1 saturated heterocycles. The number of hydrogen-bond donors (Lipinski definition) is 3. The molecule has 1 fully saturated rings. The van der Waals surface area contributed by atoms with Gasteiger partial charge in [-0.15, -0.1) is 0 Å². The molecule has 1 heterocycles. The van der Waals surface area contributed by atoms with E-state index in [1.54, 1.807) is 0 Å². The van der Waals surface area contributed by atoms with Gasteiger partial charge in [-0.1, -0.05) is 13.3 Å². The fourth-order valence-corrected chi connectivity index (χ4v) is 2.07. The van der Waals surface area contributed by atoms with Crippen molar-refractivity contribution in [1.82, 2.24) is 5.32 Å². The Hall–Kier alpha value is -0.0551. The molecule has 0 amide bonds. The van der Waals surface area contributed by atoms with E-state index in [1.807, 2.05) is 0 Å². The largest absolute Gasteiger partial charge is 0.451 e. The highest BCUT2D eigenvalue weighted by molar-refractivity contribution is 6.40. The molecule has 0 bridgehead atoms. The molecule has 76 valence electrons. The molecule has 0 saturated carbocycles. The maximum atomic E-state index is 8.72. The van der Waals surface area contributed by atoms with Gasteiger partial charge in [0.1, 0.15) is 0 Å². The second-order valence-corrected chi connectivity index (χ2v) is 4.45. The molecule has 0 aliphatic carbocycles. The van der Waals surface area contributed by atoms with Crippen molar-refractivity contribution in [2.45, 2.75) is 45.5 Å². The molecule has 1 rings (SSSR count). The van der Waals surface area contributed by atoms with Crippen LogP contribution in [0.1, 0.15) is 33.1 Å². The van der Waals surface area contributed by atoms with Crippen molar-refractivity contribution in [3.63, 3.8) is 0 Å². The van der Waals surface area contributed by atoms with Gasteiger partial charge in [0, 0.05) is 6.04 Å². The summed E-state index contributed by atoms with van der Waals surface area (Å²) in [5.74, 6) is 0. The Morgan fingerprint density at radius 2 is 2.23 bits per heavy atom. The lowest BCUT2D eigenvalue weighted by Crippen LogP contribution is -2.31. The van der Waals surface area contributed by atoms with Gasteiger partial charge in [0.2, 0.25) is 0 Å². The molecule has 0 unspecified atom stereocenters. The highest BCUT2D eigenvalue weighted by Crippen LogP contribution is 2.35. The number of nitrogens with one attached hydrogen (secondary N) is 1. The molecule has 13 heavy (non-hydrogen) atoms. The lowest BCUT2D eigenvalue weighted by molar-refractivity contribution is 0.264. The van der Waals surface area contributed by atoms with E-state index in [9.17, 15) is 0 Å². The van der Waals surface area contributed by atoms with Crippen LogP contribution in [0.2, 0.25) is 6.32 Å². The Morgan fingerprint density at radius 3 is 2.69 bits per heavy atom. The predicted octanol–water partition coefficient (Wildman–Crippen LogP) is 0.627. The first-order chi connectivity index (χ1) is 6.04. The summed E-state index contributed by atoms with van der Waals surface area (Å²) in [6.45, 7) is 5.59. The maximum Gasteiger partial charge on any atom is 0.451 e. The summed E-state index contributed by atoms with van der Waals surface area (Å²) in [6, 6.07) is 0.559. The van der Waals surface area contributed by atoms with Crippen LogP contribution in [0.25, 0.3) is 0 Å². The maximum absolute atomic E-state index is 8.72. The molecule has 2 atom stereocenters.